The molecule has 1 aromatic carbocycles. The highest BCUT2D eigenvalue weighted by Crippen LogP contribution is 2.21. The Bertz CT molecular complexity index is 453. The third-order valence-electron chi connectivity index (χ3n) is 2.00. The van der Waals surface area contributed by atoms with Crippen molar-refractivity contribution in [2.45, 2.75) is 12.8 Å². The van der Waals surface area contributed by atoms with Crippen molar-refractivity contribution in [1.29, 1.82) is 0 Å². The molecule has 0 aliphatic heterocycles. The molecule has 0 radical (unpaired) electrons. The van der Waals surface area contributed by atoms with Crippen molar-refractivity contribution in [2.75, 3.05) is 6.61 Å². The molecular formula is C11H11ClN2O2. The monoisotopic (exact) mass is 238 g/mol. The van der Waals surface area contributed by atoms with E-state index in [9.17, 15) is 0 Å². The molecule has 0 fully saturated rings. The first-order valence-corrected chi connectivity index (χ1v) is 5.48. The topological polar surface area (TPSA) is 48.2 Å². The minimum Gasteiger partial charge on any atom is -0.494 e. The zero-order chi connectivity index (χ0) is 11.4. The van der Waals surface area contributed by atoms with Gasteiger partial charge in [0.05, 0.1) is 12.5 Å². The van der Waals surface area contributed by atoms with Crippen molar-refractivity contribution in [2.24, 2.45) is 0 Å². The molecule has 16 heavy (non-hydrogen) atoms. The predicted molar refractivity (Wildman–Crippen MR) is 60.5 cm³/mol. The Morgan fingerprint density at radius 3 is 2.62 bits per heavy atom. The van der Waals surface area contributed by atoms with Crippen molar-refractivity contribution >= 4 is 11.6 Å². The minimum absolute atomic E-state index is 0.251. The quantitative estimate of drug-likeness (QED) is 0.769. The highest BCUT2D eigenvalue weighted by atomic mass is 35.5. The fourth-order valence-electron chi connectivity index (χ4n) is 1.29. The van der Waals surface area contributed by atoms with Gasteiger partial charge in [-0.3, -0.25) is 0 Å². The third-order valence-corrected chi connectivity index (χ3v) is 2.24. The smallest absolute Gasteiger partial charge is 0.257 e. The molecule has 0 aliphatic carbocycles. The number of ether oxygens (including phenoxy) is 1. The van der Waals surface area contributed by atoms with E-state index in [-0.39, 0.29) is 5.88 Å². The maximum atomic E-state index is 5.59. The van der Waals surface area contributed by atoms with Crippen molar-refractivity contribution < 1.29 is 9.26 Å². The molecule has 1 aromatic heterocycles. The number of rotatable bonds is 4. The fraction of sp³-hybridized carbons (Fsp3) is 0.273. The second kappa shape index (κ2) is 4.99. The van der Waals surface area contributed by atoms with Crippen LogP contribution in [0.2, 0.25) is 0 Å². The van der Waals surface area contributed by atoms with E-state index in [1.54, 1.807) is 0 Å². The molecule has 4 nitrogen and oxygen atoms in total. The van der Waals surface area contributed by atoms with E-state index in [0.717, 1.165) is 11.3 Å². The minimum atomic E-state index is 0.251. The van der Waals surface area contributed by atoms with Gasteiger partial charge in [-0.1, -0.05) is 5.16 Å². The SMILES string of the molecule is CCOc1ccc(-c2nc(CCl)no2)cc1. The summed E-state index contributed by atoms with van der Waals surface area (Å²) in [4.78, 5) is 4.12. The molecule has 0 bridgehead atoms. The standard InChI is InChI=1S/C11H11ClN2O2/c1-2-15-9-5-3-8(4-6-9)11-13-10(7-12)14-16-11/h3-6H,2,7H2,1H3. The summed E-state index contributed by atoms with van der Waals surface area (Å²) in [6.07, 6.45) is 0. The molecule has 0 spiro atoms. The van der Waals surface area contributed by atoms with Crippen LogP contribution in [0, 0.1) is 0 Å². The normalized spacial score (nSPS) is 10.4. The van der Waals surface area contributed by atoms with Crippen LogP contribution < -0.4 is 4.74 Å². The van der Waals surface area contributed by atoms with Crippen LogP contribution in [-0.2, 0) is 5.88 Å². The van der Waals surface area contributed by atoms with Crippen LogP contribution in [0.3, 0.4) is 0 Å². The average molecular weight is 239 g/mol. The zero-order valence-electron chi connectivity index (χ0n) is 8.81. The Balaban J connectivity index is 2.20. The van der Waals surface area contributed by atoms with E-state index in [4.69, 9.17) is 20.9 Å². The lowest BCUT2D eigenvalue weighted by atomic mass is 10.2. The zero-order valence-corrected chi connectivity index (χ0v) is 9.57. The highest BCUT2D eigenvalue weighted by molar-refractivity contribution is 6.16. The van der Waals surface area contributed by atoms with Gasteiger partial charge in [-0.15, -0.1) is 11.6 Å². The number of alkyl halides is 1. The number of nitrogens with zero attached hydrogens (tertiary/aromatic N) is 2. The van der Waals surface area contributed by atoms with Gasteiger partial charge in [0.15, 0.2) is 5.82 Å². The summed E-state index contributed by atoms with van der Waals surface area (Å²) >= 11 is 5.59. The summed E-state index contributed by atoms with van der Waals surface area (Å²) in [7, 11) is 0. The summed E-state index contributed by atoms with van der Waals surface area (Å²) in [5.74, 6) is 2.04. The van der Waals surface area contributed by atoms with Gasteiger partial charge >= 0.3 is 0 Å². The van der Waals surface area contributed by atoms with Crippen LogP contribution in [0.15, 0.2) is 28.8 Å². The van der Waals surface area contributed by atoms with Crippen molar-refractivity contribution in [1.82, 2.24) is 10.1 Å². The van der Waals surface area contributed by atoms with Crippen LogP contribution in [0.1, 0.15) is 12.7 Å². The molecule has 0 atom stereocenters. The molecule has 0 aliphatic rings. The molecule has 0 saturated carbocycles. The summed E-state index contributed by atoms with van der Waals surface area (Å²) in [5.41, 5.74) is 0.854. The molecule has 0 unspecified atom stereocenters. The number of hydrogen-bond donors (Lipinski definition) is 0. The second-order valence-corrected chi connectivity index (χ2v) is 3.37. The summed E-state index contributed by atoms with van der Waals surface area (Å²) in [6.45, 7) is 2.59. The van der Waals surface area contributed by atoms with Crippen molar-refractivity contribution in [3.05, 3.63) is 30.1 Å². The largest absolute Gasteiger partial charge is 0.494 e. The summed E-state index contributed by atoms with van der Waals surface area (Å²) < 4.78 is 10.4. The molecule has 2 aromatic rings. The molecule has 0 amide bonds. The van der Waals surface area contributed by atoms with Gasteiger partial charge in [-0.2, -0.15) is 4.98 Å². The molecule has 0 N–H and O–H groups in total. The number of aromatic nitrogens is 2. The molecule has 1 heterocycles. The molecule has 84 valence electrons. The van der Waals surface area contributed by atoms with E-state index in [1.807, 2.05) is 31.2 Å². The van der Waals surface area contributed by atoms with Gasteiger partial charge in [-0.25, -0.2) is 0 Å². The van der Waals surface area contributed by atoms with Crippen LogP contribution in [0.4, 0.5) is 0 Å². The first-order valence-electron chi connectivity index (χ1n) is 4.95. The highest BCUT2D eigenvalue weighted by Gasteiger charge is 2.07. The Morgan fingerprint density at radius 1 is 1.31 bits per heavy atom. The lowest BCUT2D eigenvalue weighted by Gasteiger charge is -2.01. The van der Waals surface area contributed by atoms with Gasteiger partial charge < -0.3 is 9.26 Å². The molecular weight excluding hydrogens is 228 g/mol. The van der Waals surface area contributed by atoms with Crippen LogP contribution >= 0.6 is 11.6 Å². The first-order chi connectivity index (χ1) is 7.83. The fourth-order valence-corrected chi connectivity index (χ4v) is 1.39. The maximum absolute atomic E-state index is 5.59. The van der Waals surface area contributed by atoms with Gasteiger partial charge in [0.1, 0.15) is 5.75 Å². The maximum Gasteiger partial charge on any atom is 0.257 e. The molecule has 2 rings (SSSR count). The van der Waals surface area contributed by atoms with Gasteiger partial charge in [0, 0.05) is 5.56 Å². The van der Waals surface area contributed by atoms with Gasteiger partial charge in [-0.05, 0) is 31.2 Å². The number of halogens is 1. The number of benzene rings is 1. The second-order valence-electron chi connectivity index (χ2n) is 3.11. The summed E-state index contributed by atoms with van der Waals surface area (Å²) in [6, 6.07) is 7.47. The van der Waals surface area contributed by atoms with Gasteiger partial charge in [0.25, 0.3) is 5.89 Å². The lowest BCUT2D eigenvalue weighted by Crippen LogP contribution is -1.90. The van der Waals surface area contributed by atoms with E-state index in [0.29, 0.717) is 18.3 Å². The Morgan fingerprint density at radius 2 is 2.06 bits per heavy atom. The van der Waals surface area contributed by atoms with Crippen molar-refractivity contribution in [3.8, 4) is 17.2 Å². The predicted octanol–water partition coefficient (Wildman–Crippen LogP) is 2.87. The molecule has 5 heteroatoms. The van der Waals surface area contributed by atoms with E-state index >= 15 is 0 Å². The average Bonchev–Trinajstić information content (AvgIpc) is 2.79. The third kappa shape index (κ3) is 2.33. The Labute approximate surface area is 98.2 Å². The van der Waals surface area contributed by atoms with Crippen LogP contribution in [-0.4, -0.2) is 16.7 Å². The lowest BCUT2D eigenvalue weighted by molar-refractivity contribution is 0.340. The van der Waals surface area contributed by atoms with E-state index in [2.05, 4.69) is 10.1 Å². The summed E-state index contributed by atoms with van der Waals surface area (Å²) in [5, 5.41) is 3.72. The van der Waals surface area contributed by atoms with Crippen LogP contribution in [0.5, 0.6) is 5.75 Å². The number of hydrogen-bond acceptors (Lipinski definition) is 4. The van der Waals surface area contributed by atoms with Crippen LogP contribution in [0.25, 0.3) is 11.5 Å². The van der Waals surface area contributed by atoms with Crippen molar-refractivity contribution in [3.63, 3.8) is 0 Å². The molecule has 0 saturated heterocycles. The van der Waals surface area contributed by atoms with E-state index < -0.39 is 0 Å². The van der Waals surface area contributed by atoms with Gasteiger partial charge in [0.2, 0.25) is 0 Å². The van der Waals surface area contributed by atoms with E-state index in [1.165, 1.54) is 0 Å². The Kier molecular flexibility index (Phi) is 3.41. The first kappa shape index (κ1) is 11.0. The Hall–Kier alpha value is -1.55.